The SMILES string of the molecule is Cc1c(-c2ccccc2)n(NC(=O)[C@H](C)NC(=O)[C@@H](Cc2c[nH]c3ccccc23)NC(=O)[C@@H](N)Cc2cnc[nH]2)c(=O)n1[C@@H](Cc1ccccc1)C(=O)N[C@@H](CCCCN)C(N)=O. The van der Waals surface area contributed by atoms with Gasteiger partial charge in [0, 0.05) is 59.5 Å². The van der Waals surface area contributed by atoms with E-state index in [4.69, 9.17) is 17.2 Å². The number of hydrogen-bond acceptors (Lipinski definition) is 9. The summed E-state index contributed by atoms with van der Waals surface area (Å²) in [5, 5.41) is 9.08. The third-order valence-corrected chi connectivity index (χ3v) is 10.9. The molecule has 0 fully saturated rings. The van der Waals surface area contributed by atoms with E-state index >= 15 is 0 Å². The molecule has 6 rings (SSSR count). The van der Waals surface area contributed by atoms with Gasteiger partial charge < -0.3 is 43.1 Å². The van der Waals surface area contributed by atoms with Gasteiger partial charge in [0.2, 0.25) is 23.6 Å². The zero-order valence-electron chi connectivity index (χ0n) is 35.2. The minimum Gasteiger partial charge on any atom is -0.368 e. The molecule has 0 aliphatic heterocycles. The van der Waals surface area contributed by atoms with E-state index < -0.39 is 65.4 Å². The van der Waals surface area contributed by atoms with E-state index in [1.54, 1.807) is 49.6 Å². The molecule has 3 aromatic heterocycles. The Morgan fingerprint density at radius 2 is 1.46 bits per heavy atom. The third kappa shape index (κ3) is 11.2. The van der Waals surface area contributed by atoms with Crippen LogP contribution < -0.4 is 44.3 Å². The second-order valence-electron chi connectivity index (χ2n) is 15.5. The first-order valence-electron chi connectivity index (χ1n) is 20.8. The summed E-state index contributed by atoms with van der Waals surface area (Å²) in [7, 11) is 0. The number of imidazole rings is 2. The van der Waals surface area contributed by atoms with Crippen molar-refractivity contribution in [3.05, 3.63) is 137 Å². The van der Waals surface area contributed by atoms with E-state index in [0.29, 0.717) is 36.3 Å². The number of amides is 5. The maximum atomic E-state index is 14.7. The Morgan fingerprint density at radius 3 is 2.14 bits per heavy atom. The van der Waals surface area contributed by atoms with Crippen molar-refractivity contribution in [1.29, 1.82) is 0 Å². The molecule has 3 heterocycles. The fraction of sp³-hybridized carbons (Fsp3) is 0.311. The van der Waals surface area contributed by atoms with Gasteiger partial charge in [-0.2, -0.15) is 4.68 Å². The van der Waals surface area contributed by atoms with Crippen molar-refractivity contribution >= 4 is 40.4 Å². The normalized spacial score (nSPS) is 13.7. The minimum atomic E-state index is -1.24. The Balaban J connectivity index is 1.29. The molecule has 3 aromatic carbocycles. The van der Waals surface area contributed by atoms with Crippen LogP contribution in [-0.4, -0.2) is 84.4 Å². The average Bonchev–Trinajstić information content (AvgIpc) is 4.01. The maximum absolute atomic E-state index is 14.7. The highest BCUT2D eigenvalue weighted by molar-refractivity contribution is 5.96. The highest BCUT2D eigenvalue weighted by Crippen LogP contribution is 2.26. The Kier molecular flexibility index (Phi) is 15.1. The predicted octanol–water partition coefficient (Wildman–Crippen LogP) is 1.58. The van der Waals surface area contributed by atoms with Crippen molar-refractivity contribution in [2.24, 2.45) is 17.2 Å². The van der Waals surface area contributed by atoms with Crippen molar-refractivity contribution in [2.75, 3.05) is 12.0 Å². The van der Waals surface area contributed by atoms with Crippen LogP contribution >= 0.6 is 0 Å². The Bertz CT molecular complexity index is 2570. The quantitative estimate of drug-likeness (QED) is 0.0475. The van der Waals surface area contributed by atoms with Gasteiger partial charge in [-0.25, -0.2) is 9.78 Å². The smallest absolute Gasteiger partial charge is 0.348 e. The van der Waals surface area contributed by atoms with Gasteiger partial charge in [-0.05, 0) is 56.8 Å². The largest absolute Gasteiger partial charge is 0.368 e. The summed E-state index contributed by atoms with van der Waals surface area (Å²) in [5.41, 5.74) is 23.6. The molecular weight excluding hydrogens is 805 g/mol. The number of H-pyrrole nitrogens is 2. The summed E-state index contributed by atoms with van der Waals surface area (Å²) in [6.45, 7) is 3.50. The molecule has 18 nitrogen and oxygen atoms in total. The molecule has 330 valence electrons. The van der Waals surface area contributed by atoms with Crippen LogP contribution in [0, 0.1) is 6.92 Å². The number of fused-ring (bicyclic) bond motifs is 1. The third-order valence-electron chi connectivity index (χ3n) is 10.9. The second kappa shape index (κ2) is 21.0. The molecule has 0 saturated carbocycles. The molecular formula is C45H54N12O6. The van der Waals surface area contributed by atoms with Crippen LogP contribution in [0.15, 0.2) is 108 Å². The number of benzene rings is 3. The summed E-state index contributed by atoms with van der Waals surface area (Å²) >= 11 is 0. The van der Waals surface area contributed by atoms with Crippen molar-refractivity contribution in [3.8, 4) is 11.3 Å². The fourth-order valence-corrected chi connectivity index (χ4v) is 7.53. The molecule has 0 radical (unpaired) electrons. The zero-order valence-corrected chi connectivity index (χ0v) is 35.2. The van der Waals surface area contributed by atoms with Crippen molar-refractivity contribution in [2.45, 2.75) is 82.6 Å². The first-order chi connectivity index (χ1) is 30.4. The van der Waals surface area contributed by atoms with E-state index in [0.717, 1.165) is 26.7 Å². The lowest BCUT2D eigenvalue weighted by Crippen LogP contribution is -2.56. The number of aromatic nitrogens is 5. The second-order valence-corrected chi connectivity index (χ2v) is 15.5. The highest BCUT2D eigenvalue weighted by atomic mass is 16.2. The maximum Gasteiger partial charge on any atom is 0.348 e. The van der Waals surface area contributed by atoms with Gasteiger partial charge in [-0.3, -0.25) is 34.0 Å². The van der Waals surface area contributed by atoms with E-state index in [1.807, 2.05) is 54.6 Å². The minimum absolute atomic E-state index is 0.0510. The van der Waals surface area contributed by atoms with E-state index in [-0.39, 0.29) is 31.4 Å². The average molecular weight is 859 g/mol. The number of carbonyl (C=O) groups is 5. The number of unbranched alkanes of at least 4 members (excludes halogenated alkanes) is 1. The lowest BCUT2D eigenvalue weighted by atomic mass is 10.0. The molecule has 6 aromatic rings. The van der Waals surface area contributed by atoms with Gasteiger partial charge in [-0.15, -0.1) is 0 Å². The molecule has 12 N–H and O–H groups in total. The Labute approximate surface area is 363 Å². The van der Waals surface area contributed by atoms with E-state index in [1.165, 1.54) is 17.8 Å². The highest BCUT2D eigenvalue weighted by Gasteiger charge is 2.33. The van der Waals surface area contributed by atoms with E-state index in [9.17, 15) is 28.8 Å². The molecule has 5 atom stereocenters. The van der Waals surface area contributed by atoms with Gasteiger partial charge in [0.1, 0.15) is 24.2 Å². The number of nitrogens with two attached hydrogens (primary N) is 3. The van der Waals surface area contributed by atoms with Crippen LogP contribution in [0.2, 0.25) is 0 Å². The number of rotatable bonds is 21. The van der Waals surface area contributed by atoms with Crippen molar-refractivity contribution < 1.29 is 24.0 Å². The summed E-state index contributed by atoms with van der Waals surface area (Å²) in [6, 6.07) is 19.8. The number of para-hydroxylation sites is 1. The lowest BCUT2D eigenvalue weighted by Gasteiger charge is -2.23. The van der Waals surface area contributed by atoms with Crippen LogP contribution in [0.3, 0.4) is 0 Å². The predicted molar refractivity (Wildman–Crippen MR) is 238 cm³/mol. The number of nitrogens with zero attached hydrogens (tertiary/aromatic N) is 3. The van der Waals surface area contributed by atoms with Crippen LogP contribution in [0.4, 0.5) is 0 Å². The fourth-order valence-electron chi connectivity index (χ4n) is 7.53. The Hall–Kier alpha value is -7.31. The monoisotopic (exact) mass is 858 g/mol. The summed E-state index contributed by atoms with van der Waals surface area (Å²) in [5.74, 6) is -3.40. The van der Waals surface area contributed by atoms with E-state index in [2.05, 4.69) is 36.3 Å². The van der Waals surface area contributed by atoms with Gasteiger partial charge in [0.15, 0.2) is 0 Å². The molecule has 0 unspecified atom stereocenters. The summed E-state index contributed by atoms with van der Waals surface area (Å²) in [4.78, 5) is 93.1. The van der Waals surface area contributed by atoms with Gasteiger partial charge in [-0.1, -0.05) is 78.9 Å². The lowest BCUT2D eigenvalue weighted by molar-refractivity contribution is -0.131. The molecule has 0 saturated heterocycles. The first-order valence-corrected chi connectivity index (χ1v) is 20.8. The number of carbonyl (C=O) groups excluding carboxylic acids is 5. The topological polar surface area (TPSA) is 283 Å². The summed E-state index contributed by atoms with van der Waals surface area (Å²) in [6.07, 6.45) is 6.44. The van der Waals surface area contributed by atoms with Crippen LogP contribution in [0.1, 0.15) is 54.7 Å². The van der Waals surface area contributed by atoms with Crippen LogP contribution in [0.25, 0.3) is 22.2 Å². The number of aromatic amines is 2. The number of nitrogens with one attached hydrogen (secondary N) is 6. The number of hydrogen-bond donors (Lipinski definition) is 9. The summed E-state index contributed by atoms with van der Waals surface area (Å²) < 4.78 is 2.33. The van der Waals surface area contributed by atoms with Gasteiger partial charge in [0.05, 0.1) is 18.1 Å². The number of primary amides is 1. The standard InChI is InChI=1S/C45H54N12O6/c1-27(52-43(61)37(22-31-24-50-35-18-10-9-17-33(31)35)54-42(60)34(47)23-32-25-49-26-51-32)41(59)55-57-39(30-15-7-4-8-16-30)28(2)56(45(57)63)38(21-29-13-5-3-6-14-29)44(62)53-36(40(48)58)19-11-12-20-46/h3-10,13-18,24-27,34,36-38,50H,11-12,19-23,46-47H2,1-2H3,(H2,48,58)(H,49,51)(H,52,61)(H,53,62)(H,54,60)(H,55,59)/t27-,34-,36-,37+,38-/m0/s1. The van der Waals surface area contributed by atoms with Crippen LogP contribution in [0.5, 0.6) is 0 Å². The molecule has 0 aliphatic rings. The van der Waals surface area contributed by atoms with Gasteiger partial charge >= 0.3 is 5.69 Å². The molecule has 0 spiro atoms. The van der Waals surface area contributed by atoms with Gasteiger partial charge in [0.25, 0.3) is 5.91 Å². The molecule has 18 heteroatoms. The van der Waals surface area contributed by atoms with Crippen molar-refractivity contribution in [1.82, 2.24) is 40.1 Å². The van der Waals surface area contributed by atoms with Crippen LogP contribution in [-0.2, 0) is 43.2 Å². The molecule has 5 amide bonds. The molecule has 63 heavy (non-hydrogen) atoms. The first kappa shape index (κ1) is 45.2. The Morgan fingerprint density at radius 1 is 0.778 bits per heavy atom. The molecule has 0 bridgehead atoms. The molecule has 0 aliphatic carbocycles. The zero-order chi connectivity index (χ0) is 45.0. The van der Waals surface area contributed by atoms with Crippen molar-refractivity contribution in [3.63, 3.8) is 0 Å².